The van der Waals surface area contributed by atoms with E-state index in [2.05, 4.69) is 6.92 Å². The fourth-order valence-corrected chi connectivity index (χ4v) is 2.49. The molecule has 104 valence electrons. The number of hydrogen-bond acceptors (Lipinski definition) is 2. The molecule has 0 bridgehead atoms. The predicted molar refractivity (Wildman–Crippen MR) is 76.4 cm³/mol. The highest BCUT2D eigenvalue weighted by Crippen LogP contribution is 2.18. The molecule has 0 atom stereocenters. The Balaban J connectivity index is 1.88. The van der Waals surface area contributed by atoms with E-state index in [4.69, 9.17) is 4.74 Å². The first-order valence-electron chi connectivity index (χ1n) is 7.29. The first-order chi connectivity index (χ1) is 9.31. The molecule has 2 rings (SSSR count). The van der Waals surface area contributed by atoms with Crippen LogP contribution in [0.15, 0.2) is 24.3 Å². The van der Waals surface area contributed by atoms with Gasteiger partial charge >= 0.3 is 0 Å². The summed E-state index contributed by atoms with van der Waals surface area (Å²) < 4.78 is 5.69. The highest BCUT2D eigenvalue weighted by molar-refractivity contribution is 5.77. The Hall–Kier alpha value is -1.51. The summed E-state index contributed by atoms with van der Waals surface area (Å²) in [5, 5.41) is 0. The Morgan fingerprint density at radius 2 is 1.84 bits per heavy atom. The summed E-state index contributed by atoms with van der Waals surface area (Å²) in [5.41, 5.74) is 1.16. The van der Waals surface area contributed by atoms with E-state index in [1.165, 1.54) is 12.8 Å². The van der Waals surface area contributed by atoms with Crippen LogP contribution in [0, 0.1) is 0 Å². The Labute approximate surface area is 115 Å². The molecule has 19 heavy (non-hydrogen) atoms. The largest absolute Gasteiger partial charge is 0.483 e. The van der Waals surface area contributed by atoms with Gasteiger partial charge in [0.25, 0.3) is 5.91 Å². The van der Waals surface area contributed by atoms with Crippen molar-refractivity contribution < 1.29 is 9.53 Å². The average Bonchev–Trinajstić information content (AvgIpc) is 2.74. The third kappa shape index (κ3) is 3.98. The first-order valence-corrected chi connectivity index (χ1v) is 7.29. The molecule has 0 N–H and O–H groups in total. The molecule has 0 saturated carbocycles. The van der Waals surface area contributed by atoms with Gasteiger partial charge in [-0.1, -0.05) is 38.0 Å². The van der Waals surface area contributed by atoms with Gasteiger partial charge < -0.3 is 9.64 Å². The zero-order chi connectivity index (χ0) is 13.5. The van der Waals surface area contributed by atoms with Gasteiger partial charge in [-0.05, 0) is 30.9 Å². The highest BCUT2D eigenvalue weighted by Gasteiger charge is 2.16. The van der Waals surface area contributed by atoms with Gasteiger partial charge in [-0.15, -0.1) is 0 Å². The van der Waals surface area contributed by atoms with Crippen LogP contribution in [0.4, 0.5) is 0 Å². The van der Waals surface area contributed by atoms with E-state index in [9.17, 15) is 4.79 Å². The molecule has 0 unspecified atom stereocenters. The summed E-state index contributed by atoms with van der Waals surface area (Å²) in [5.74, 6) is 0.959. The lowest BCUT2D eigenvalue weighted by Crippen LogP contribution is -2.35. The molecule has 3 heteroatoms. The number of nitrogens with zero attached hydrogens (tertiary/aromatic N) is 1. The molecule has 1 aliphatic rings. The van der Waals surface area contributed by atoms with Crippen molar-refractivity contribution in [2.75, 3.05) is 19.7 Å². The molecule has 3 nitrogen and oxygen atoms in total. The van der Waals surface area contributed by atoms with Crippen molar-refractivity contribution in [3.8, 4) is 5.75 Å². The molecule has 0 spiro atoms. The number of amides is 1. The van der Waals surface area contributed by atoms with Crippen molar-refractivity contribution in [3.63, 3.8) is 0 Å². The molecule has 1 saturated heterocycles. The van der Waals surface area contributed by atoms with Crippen LogP contribution in [0.3, 0.4) is 0 Å². The summed E-state index contributed by atoms with van der Waals surface area (Å²) in [6.07, 6.45) is 5.65. The summed E-state index contributed by atoms with van der Waals surface area (Å²) in [7, 11) is 0. The maximum atomic E-state index is 12.1. The molecule has 0 aliphatic carbocycles. The zero-order valence-corrected chi connectivity index (χ0v) is 11.7. The molecular weight excluding hydrogens is 238 g/mol. The summed E-state index contributed by atoms with van der Waals surface area (Å²) in [6.45, 7) is 4.03. The van der Waals surface area contributed by atoms with Gasteiger partial charge in [-0.25, -0.2) is 0 Å². The number of benzene rings is 1. The molecule has 0 aromatic heterocycles. The van der Waals surface area contributed by atoms with Gasteiger partial charge in [0, 0.05) is 13.1 Å². The zero-order valence-electron chi connectivity index (χ0n) is 11.7. The van der Waals surface area contributed by atoms with Crippen LogP contribution in [0.2, 0.25) is 0 Å². The summed E-state index contributed by atoms with van der Waals surface area (Å²) in [6, 6.07) is 7.94. The highest BCUT2D eigenvalue weighted by atomic mass is 16.5. The molecular formula is C16H23NO2. The molecule has 1 aromatic rings. The molecule has 1 heterocycles. The van der Waals surface area contributed by atoms with E-state index in [1.807, 2.05) is 29.2 Å². The number of rotatable bonds is 4. The monoisotopic (exact) mass is 261 g/mol. The average molecular weight is 261 g/mol. The number of ether oxygens (including phenoxy) is 1. The lowest BCUT2D eigenvalue weighted by Gasteiger charge is -2.20. The summed E-state index contributed by atoms with van der Waals surface area (Å²) in [4.78, 5) is 14.1. The quantitative estimate of drug-likeness (QED) is 0.833. The maximum absolute atomic E-state index is 12.1. The fraction of sp³-hybridized carbons (Fsp3) is 0.562. The van der Waals surface area contributed by atoms with Crippen LogP contribution in [0.5, 0.6) is 5.75 Å². The SMILES string of the molecule is CCc1ccccc1OCC(=O)N1CCCCCC1. The van der Waals surface area contributed by atoms with E-state index in [-0.39, 0.29) is 12.5 Å². The standard InChI is InChI=1S/C16H23NO2/c1-2-14-9-5-6-10-15(14)19-13-16(18)17-11-7-3-4-8-12-17/h5-6,9-10H,2-4,7-8,11-13H2,1H3. The number of likely N-dealkylation sites (tertiary alicyclic amines) is 1. The van der Waals surface area contributed by atoms with Crippen molar-refractivity contribution in [1.82, 2.24) is 4.90 Å². The molecule has 1 aliphatic heterocycles. The topological polar surface area (TPSA) is 29.5 Å². The first kappa shape index (κ1) is 13.9. The van der Waals surface area contributed by atoms with Gasteiger partial charge in [-0.2, -0.15) is 0 Å². The minimum absolute atomic E-state index is 0.118. The number of aryl methyl sites for hydroxylation is 1. The minimum Gasteiger partial charge on any atom is -0.483 e. The van der Waals surface area contributed by atoms with Crippen molar-refractivity contribution in [2.45, 2.75) is 39.0 Å². The molecule has 1 amide bonds. The van der Waals surface area contributed by atoms with E-state index in [0.29, 0.717) is 0 Å². The smallest absolute Gasteiger partial charge is 0.260 e. The second kappa shape index (κ2) is 7.17. The number of carbonyl (C=O) groups excluding carboxylic acids is 1. The van der Waals surface area contributed by atoms with E-state index < -0.39 is 0 Å². The summed E-state index contributed by atoms with van der Waals surface area (Å²) >= 11 is 0. The van der Waals surface area contributed by atoms with Gasteiger partial charge in [0.2, 0.25) is 0 Å². The van der Waals surface area contributed by atoms with Crippen molar-refractivity contribution in [1.29, 1.82) is 0 Å². The van der Waals surface area contributed by atoms with Gasteiger partial charge in [0.1, 0.15) is 5.75 Å². The Morgan fingerprint density at radius 3 is 2.53 bits per heavy atom. The Bertz CT molecular complexity index is 409. The van der Waals surface area contributed by atoms with Crippen LogP contribution in [0.25, 0.3) is 0 Å². The predicted octanol–water partition coefficient (Wildman–Crippen LogP) is 3.03. The van der Waals surface area contributed by atoms with Gasteiger partial charge in [-0.3, -0.25) is 4.79 Å². The third-order valence-corrected chi connectivity index (χ3v) is 3.66. The number of para-hydroxylation sites is 1. The third-order valence-electron chi connectivity index (χ3n) is 3.66. The van der Waals surface area contributed by atoms with Crippen molar-refractivity contribution in [3.05, 3.63) is 29.8 Å². The van der Waals surface area contributed by atoms with E-state index in [1.54, 1.807) is 0 Å². The lowest BCUT2D eigenvalue weighted by molar-refractivity contribution is -0.133. The Kier molecular flexibility index (Phi) is 5.25. The van der Waals surface area contributed by atoms with Crippen LogP contribution < -0.4 is 4.74 Å². The maximum Gasteiger partial charge on any atom is 0.260 e. The van der Waals surface area contributed by atoms with Crippen LogP contribution in [-0.2, 0) is 11.2 Å². The number of carbonyl (C=O) groups is 1. The fourth-order valence-electron chi connectivity index (χ4n) is 2.49. The number of hydrogen-bond donors (Lipinski definition) is 0. The molecule has 1 fully saturated rings. The lowest BCUT2D eigenvalue weighted by atomic mass is 10.1. The molecule has 1 aromatic carbocycles. The van der Waals surface area contributed by atoms with Gasteiger partial charge in [0.15, 0.2) is 6.61 Å². The molecule has 0 radical (unpaired) electrons. The Morgan fingerprint density at radius 1 is 1.16 bits per heavy atom. The van der Waals surface area contributed by atoms with Crippen LogP contribution >= 0.6 is 0 Å². The minimum atomic E-state index is 0.118. The van der Waals surface area contributed by atoms with E-state index >= 15 is 0 Å². The van der Waals surface area contributed by atoms with E-state index in [0.717, 1.165) is 43.7 Å². The normalized spacial score (nSPS) is 15.9. The van der Waals surface area contributed by atoms with Crippen LogP contribution in [0.1, 0.15) is 38.2 Å². The second-order valence-electron chi connectivity index (χ2n) is 5.04. The van der Waals surface area contributed by atoms with Crippen LogP contribution in [-0.4, -0.2) is 30.5 Å². The second-order valence-corrected chi connectivity index (χ2v) is 5.04. The van der Waals surface area contributed by atoms with Crippen molar-refractivity contribution >= 4 is 5.91 Å². The van der Waals surface area contributed by atoms with Crippen molar-refractivity contribution in [2.24, 2.45) is 0 Å². The van der Waals surface area contributed by atoms with Gasteiger partial charge in [0.05, 0.1) is 0 Å².